The average Bonchev–Trinajstić information content (AvgIpc) is 3.61. The van der Waals surface area contributed by atoms with Gasteiger partial charge >= 0.3 is 0 Å². The number of fused-ring (bicyclic) bond motifs is 8. The van der Waals surface area contributed by atoms with Crippen molar-refractivity contribution in [3.63, 3.8) is 0 Å². The van der Waals surface area contributed by atoms with Crippen molar-refractivity contribution in [2.24, 2.45) is 0 Å². The fourth-order valence-electron chi connectivity index (χ4n) is 8.76. The molecule has 53 heavy (non-hydrogen) atoms. The number of furan rings is 1. The molecule has 1 nitrogen and oxygen atoms in total. The van der Waals surface area contributed by atoms with Crippen molar-refractivity contribution in [1.29, 1.82) is 0 Å². The Balaban J connectivity index is 1.21. The van der Waals surface area contributed by atoms with Crippen LogP contribution in [-0.4, -0.2) is 0 Å². The Labute approximate surface area is 307 Å². The molecule has 0 aliphatic heterocycles. The van der Waals surface area contributed by atoms with E-state index in [1.165, 1.54) is 82.2 Å². The van der Waals surface area contributed by atoms with E-state index < -0.39 is 0 Å². The van der Waals surface area contributed by atoms with Gasteiger partial charge in [0.05, 0.1) is 0 Å². The van der Waals surface area contributed by atoms with Gasteiger partial charge in [-0.15, -0.1) is 0 Å². The van der Waals surface area contributed by atoms with E-state index >= 15 is 0 Å². The first-order valence-corrected chi connectivity index (χ1v) is 18.3. The smallest absolute Gasteiger partial charge is 0.143 e. The van der Waals surface area contributed by atoms with Gasteiger partial charge in [-0.3, -0.25) is 0 Å². The third-order valence-corrected chi connectivity index (χ3v) is 11.0. The van der Waals surface area contributed by atoms with Crippen molar-refractivity contribution in [3.8, 4) is 44.5 Å². The van der Waals surface area contributed by atoms with Gasteiger partial charge in [0.25, 0.3) is 0 Å². The SMILES string of the molecule is c1ccc(-c2ccccc2-c2c3ccccc3c(-c3cccc(-c4c5ccccc5cc5oc6c7ccccc7ccc6c45)c3)c3ccccc23)cc1. The average molecular weight is 673 g/mol. The molecule has 0 radical (unpaired) electrons. The van der Waals surface area contributed by atoms with Crippen molar-refractivity contribution in [3.05, 3.63) is 194 Å². The summed E-state index contributed by atoms with van der Waals surface area (Å²) in [4.78, 5) is 0. The maximum absolute atomic E-state index is 6.76. The highest BCUT2D eigenvalue weighted by Crippen LogP contribution is 2.48. The number of rotatable bonds is 4. The molecule has 0 saturated carbocycles. The summed E-state index contributed by atoms with van der Waals surface area (Å²) in [5.74, 6) is 0. The van der Waals surface area contributed by atoms with Crippen LogP contribution in [0.1, 0.15) is 0 Å². The molecule has 0 saturated heterocycles. The van der Waals surface area contributed by atoms with Crippen molar-refractivity contribution in [1.82, 2.24) is 0 Å². The lowest BCUT2D eigenvalue weighted by Gasteiger charge is -2.20. The van der Waals surface area contributed by atoms with Crippen LogP contribution < -0.4 is 0 Å². The molecule has 1 aromatic heterocycles. The zero-order valence-electron chi connectivity index (χ0n) is 28.9. The van der Waals surface area contributed by atoms with Gasteiger partial charge in [0.15, 0.2) is 0 Å². The lowest BCUT2D eigenvalue weighted by Crippen LogP contribution is -1.93. The molecule has 11 rings (SSSR count). The van der Waals surface area contributed by atoms with E-state index in [-0.39, 0.29) is 0 Å². The van der Waals surface area contributed by atoms with Crippen molar-refractivity contribution < 1.29 is 4.42 Å². The van der Waals surface area contributed by atoms with E-state index in [1.807, 2.05) is 0 Å². The molecule has 0 bridgehead atoms. The normalized spacial score (nSPS) is 11.8. The molecular weight excluding hydrogens is 641 g/mol. The van der Waals surface area contributed by atoms with Gasteiger partial charge in [-0.2, -0.15) is 0 Å². The van der Waals surface area contributed by atoms with Crippen molar-refractivity contribution >= 4 is 65.0 Å². The summed E-state index contributed by atoms with van der Waals surface area (Å²) >= 11 is 0. The predicted molar refractivity (Wildman–Crippen MR) is 225 cm³/mol. The Hall–Kier alpha value is -6.96. The third-order valence-electron chi connectivity index (χ3n) is 11.0. The van der Waals surface area contributed by atoms with Crippen LogP contribution in [0.15, 0.2) is 199 Å². The molecule has 1 heterocycles. The number of benzene rings is 10. The highest BCUT2D eigenvalue weighted by Gasteiger charge is 2.21. The quantitative estimate of drug-likeness (QED) is 0.170. The second kappa shape index (κ2) is 11.8. The zero-order valence-corrected chi connectivity index (χ0v) is 28.9. The first kappa shape index (κ1) is 29.7. The van der Waals surface area contributed by atoms with Crippen LogP contribution in [0.3, 0.4) is 0 Å². The van der Waals surface area contributed by atoms with E-state index in [0.29, 0.717) is 0 Å². The number of hydrogen-bond donors (Lipinski definition) is 0. The van der Waals surface area contributed by atoms with Gasteiger partial charge in [0.2, 0.25) is 0 Å². The van der Waals surface area contributed by atoms with E-state index in [9.17, 15) is 0 Å². The summed E-state index contributed by atoms with van der Waals surface area (Å²) in [7, 11) is 0. The first-order valence-electron chi connectivity index (χ1n) is 18.3. The monoisotopic (exact) mass is 672 g/mol. The molecule has 10 aromatic carbocycles. The van der Waals surface area contributed by atoms with Crippen LogP contribution in [0.5, 0.6) is 0 Å². The van der Waals surface area contributed by atoms with Crippen LogP contribution >= 0.6 is 0 Å². The van der Waals surface area contributed by atoms with Crippen LogP contribution in [0.4, 0.5) is 0 Å². The van der Waals surface area contributed by atoms with Crippen LogP contribution in [0, 0.1) is 0 Å². The Morgan fingerprint density at radius 3 is 1.53 bits per heavy atom. The van der Waals surface area contributed by atoms with Crippen molar-refractivity contribution in [2.45, 2.75) is 0 Å². The summed E-state index contributed by atoms with van der Waals surface area (Å²) in [6.07, 6.45) is 0. The fraction of sp³-hybridized carbons (Fsp3) is 0. The van der Waals surface area contributed by atoms with Gasteiger partial charge in [-0.25, -0.2) is 0 Å². The van der Waals surface area contributed by atoms with Gasteiger partial charge in [0, 0.05) is 21.7 Å². The molecule has 0 aliphatic rings. The maximum atomic E-state index is 6.76. The maximum Gasteiger partial charge on any atom is 0.143 e. The molecule has 11 aromatic rings. The Morgan fingerprint density at radius 1 is 0.283 bits per heavy atom. The summed E-state index contributed by atoms with van der Waals surface area (Å²) in [6.45, 7) is 0. The van der Waals surface area contributed by atoms with E-state index in [4.69, 9.17) is 4.42 Å². The van der Waals surface area contributed by atoms with E-state index in [1.54, 1.807) is 0 Å². The fourth-order valence-corrected chi connectivity index (χ4v) is 8.76. The lowest BCUT2D eigenvalue weighted by molar-refractivity contribution is 0.673. The summed E-state index contributed by atoms with van der Waals surface area (Å²) in [5.41, 5.74) is 11.6. The second-order valence-corrected chi connectivity index (χ2v) is 13.9. The largest absolute Gasteiger partial charge is 0.455 e. The molecule has 246 valence electrons. The highest BCUT2D eigenvalue weighted by atomic mass is 16.3. The second-order valence-electron chi connectivity index (χ2n) is 13.9. The Morgan fingerprint density at radius 2 is 0.811 bits per heavy atom. The molecule has 0 spiro atoms. The zero-order chi connectivity index (χ0) is 34.9. The minimum absolute atomic E-state index is 0.910. The molecule has 0 N–H and O–H groups in total. The van der Waals surface area contributed by atoms with Crippen LogP contribution in [0.25, 0.3) is 110 Å². The van der Waals surface area contributed by atoms with Crippen LogP contribution in [-0.2, 0) is 0 Å². The molecule has 0 aliphatic carbocycles. The topological polar surface area (TPSA) is 13.1 Å². The summed E-state index contributed by atoms with van der Waals surface area (Å²) in [6, 6.07) is 70.5. The number of hydrogen-bond acceptors (Lipinski definition) is 1. The van der Waals surface area contributed by atoms with E-state index in [2.05, 4.69) is 194 Å². The lowest BCUT2D eigenvalue weighted by atomic mass is 9.83. The molecule has 0 unspecified atom stereocenters. The molecular formula is C52H32O. The molecule has 0 fully saturated rings. The highest BCUT2D eigenvalue weighted by molar-refractivity contribution is 6.25. The predicted octanol–water partition coefficient (Wildman–Crippen LogP) is 14.9. The standard InChI is InChI=1S/C52H32O/c1-2-15-33(16-3-1)38-21-8-9-24-41(38)50-44-27-12-10-25-42(44)48(43-26-11-13-28-45(43)50)36-19-14-20-37(31-36)49-39-22-6-5-18-35(39)32-47-51(49)46-30-29-34-17-4-7-23-40(34)52(46)53-47/h1-32H. The minimum atomic E-state index is 0.910. The Kier molecular flexibility index (Phi) is 6.62. The summed E-state index contributed by atoms with van der Waals surface area (Å²) < 4.78 is 6.76. The van der Waals surface area contributed by atoms with Gasteiger partial charge in [-0.05, 0) is 94.8 Å². The molecule has 0 atom stereocenters. The van der Waals surface area contributed by atoms with Gasteiger partial charge in [0.1, 0.15) is 11.2 Å². The Bertz CT molecular complexity index is 3160. The van der Waals surface area contributed by atoms with Crippen LogP contribution in [0.2, 0.25) is 0 Å². The minimum Gasteiger partial charge on any atom is -0.455 e. The first-order chi connectivity index (χ1) is 26.3. The van der Waals surface area contributed by atoms with Gasteiger partial charge in [-0.1, -0.05) is 176 Å². The third kappa shape index (κ3) is 4.58. The van der Waals surface area contributed by atoms with Gasteiger partial charge < -0.3 is 4.42 Å². The molecule has 0 amide bonds. The van der Waals surface area contributed by atoms with Crippen molar-refractivity contribution in [2.75, 3.05) is 0 Å². The summed E-state index contributed by atoms with van der Waals surface area (Å²) in [5, 5.41) is 12.0. The molecule has 1 heteroatoms. The van der Waals surface area contributed by atoms with E-state index in [0.717, 1.165) is 27.3 Å².